The number of amides is 1. The largest absolute Gasteiger partial charge is 0.338 e. The molecule has 1 aliphatic heterocycles. The van der Waals surface area contributed by atoms with Crippen LogP contribution in [-0.2, 0) is 0 Å². The molecule has 1 N–H and O–H groups in total. The van der Waals surface area contributed by atoms with Crippen molar-refractivity contribution < 1.29 is 13.6 Å². The Morgan fingerprint density at radius 3 is 2.53 bits per heavy atom. The number of H-pyrrole nitrogens is 1. The highest BCUT2D eigenvalue weighted by Gasteiger charge is 2.35. The summed E-state index contributed by atoms with van der Waals surface area (Å²) in [6.45, 7) is 0.0994. The Kier molecular flexibility index (Phi) is 4.27. The lowest BCUT2D eigenvalue weighted by atomic mass is 10.1. The topological polar surface area (TPSA) is 92.6 Å². The zero-order chi connectivity index (χ0) is 20.7. The molecule has 1 aliphatic rings. The molecule has 2 aromatic heterocycles. The van der Waals surface area contributed by atoms with Crippen LogP contribution in [0.3, 0.4) is 0 Å². The van der Waals surface area contributed by atoms with E-state index in [0.29, 0.717) is 16.9 Å². The summed E-state index contributed by atoms with van der Waals surface area (Å²) in [5, 5.41) is 15.0. The SMILES string of the molecule is O=C(c1ccc2c(c1)nnn2-c1ccc(-c2ncn[nH]2)cc1)N1CCC(F)(F)CC1. The molecule has 1 saturated heterocycles. The number of fused-ring (bicyclic) bond motifs is 1. The minimum Gasteiger partial charge on any atom is -0.338 e. The second-order valence-corrected chi connectivity index (χ2v) is 7.23. The number of nitrogens with zero attached hydrogens (tertiary/aromatic N) is 6. The van der Waals surface area contributed by atoms with Crippen LogP contribution < -0.4 is 0 Å². The van der Waals surface area contributed by atoms with E-state index in [1.165, 1.54) is 11.2 Å². The fourth-order valence-corrected chi connectivity index (χ4v) is 3.57. The summed E-state index contributed by atoms with van der Waals surface area (Å²) < 4.78 is 28.4. The third kappa shape index (κ3) is 3.30. The van der Waals surface area contributed by atoms with E-state index in [2.05, 4.69) is 25.5 Å². The number of piperidine rings is 1. The Morgan fingerprint density at radius 2 is 1.83 bits per heavy atom. The first-order valence-electron chi connectivity index (χ1n) is 9.49. The van der Waals surface area contributed by atoms with Gasteiger partial charge in [-0.05, 0) is 42.5 Å². The summed E-state index contributed by atoms with van der Waals surface area (Å²) in [5.41, 5.74) is 3.41. The van der Waals surface area contributed by atoms with E-state index in [0.717, 1.165) is 16.8 Å². The van der Waals surface area contributed by atoms with Crippen molar-refractivity contribution in [2.75, 3.05) is 13.1 Å². The van der Waals surface area contributed by atoms with E-state index < -0.39 is 5.92 Å². The number of carbonyl (C=O) groups excluding carboxylic acids is 1. The van der Waals surface area contributed by atoms with E-state index >= 15 is 0 Å². The normalized spacial score (nSPS) is 16.1. The van der Waals surface area contributed by atoms with Gasteiger partial charge in [-0.25, -0.2) is 18.4 Å². The molecule has 0 radical (unpaired) electrons. The molecule has 0 unspecified atom stereocenters. The molecule has 152 valence electrons. The lowest BCUT2D eigenvalue weighted by molar-refractivity contribution is -0.0494. The van der Waals surface area contributed by atoms with Crippen molar-refractivity contribution >= 4 is 16.9 Å². The van der Waals surface area contributed by atoms with Crippen LogP contribution in [-0.4, -0.2) is 60.0 Å². The molecule has 0 saturated carbocycles. The number of carbonyl (C=O) groups is 1. The summed E-state index contributed by atoms with van der Waals surface area (Å²) in [5.74, 6) is -2.28. The van der Waals surface area contributed by atoms with Crippen molar-refractivity contribution in [3.63, 3.8) is 0 Å². The van der Waals surface area contributed by atoms with E-state index in [9.17, 15) is 13.6 Å². The van der Waals surface area contributed by atoms with Gasteiger partial charge in [0.2, 0.25) is 0 Å². The average Bonchev–Trinajstić information content (AvgIpc) is 3.43. The Morgan fingerprint density at radius 1 is 1.07 bits per heavy atom. The summed E-state index contributed by atoms with van der Waals surface area (Å²) >= 11 is 0. The van der Waals surface area contributed by atoms with Gasteiger partial charge in [0.15, 0.2) is 5.82 Å². The second-order valence-electron chi connectivity index (χ2n) is 7.23. The molecule has 0 spiro atoms. The Hall–Kier alpha value is -3.69. The molecule has 0 aliphatic carbocycles. The molecule has 10 heteroatoms. The highest BCUT2D eigenvalue weighted by Crippen LogP contribution is 2.29. The summed E-state index contributed by atoms with van der Waals surface area (Å²) in [6.07, 6.45) is 0.838. The third-order valence-electron chi connectivity index (χ3n) is 5.27. The number of hydrogen-bond donors (Lipinski definition) is 1. The number of alkyl halides is 2. The van der Waals surface area contributed by atoms with Gasteiger partial charge in [-0.1, -0.05) is 5.21 Å². The van der Waals surface area contributed by atoms with Crippen molar-refractivity contribution in [2.24, 2.45) is 0 Å². The summed E-state index contributed by atoms with van der Waals surface area (Å²) in [7, 11) is 0. The van der Waals surface area contributed by atoms with Gasteiger partial charge < -0.3 is 4.90 Å². The van der Waals surface area contributed by atoms with Gasteiger partial charge in [-0.15, -0.1) is 5.10 Å². The summed E-state index contributed by atoms with van der Waals surface area (Å²) in [4.78, 5) is 18.3. The second kappa shape index (κ2) is 6.97. The van der Waals surface area contributed by atoms with Crippen LogP contribution in [0.5, 0.6) is 0 Å². The van der Waals surface area contributed by atoms with Gasteiger partial charge in [0, 0.05) is 37.1 Å². The van der Waals surface area contributed by atoms with E-state index in [1.807, 2.05) is 24.3 Å². The molecule has 8 nitrogen and oxygen atoms in total. The fourth-order valence-electron chi connectivity index (χ4n) is 3.57. The van der Waals surface area contributed by atoms with E-state index in [1.54, 1.807) is 22.9 Å². The first-order chi connectivity index (χ1) is 14.5. The summed E-state index contributed by atoms with van der Waals surface area (Å²) in [6, 6.07) is 12.7. The maximum atomic E-state index is 13.4. The van der Waals surface area contributed by atoms with Crippen LogP contribution in [0.4, 0.5) is 8.78 Å². The van der Waals surface area contributed by atoms with Crippen molar-refractivity contribution in [1.82, 2.24) is 35.1 Å². The quantitative estimate of drug-likeness (QED) is 0.561. The average molecular weight is 409 g/mol. The molecule has 1 amide bonds. The van der Waals surface area contributed by atoms with Crippen molar-refractivity contribution in [1.29, 1.82) is 0 Å². The number of halogens is 2. The van der Waals surface area contributed by atoms with Gasteiger partial charge in [-0.2, -0.15) is 5.10 Å². The molecular formula is C20H17F2N7O. The van der Waals surface area contributed by atoms with Crippen LogP contribution in [0.15, 0.2) is 48.8 Å². The Balaban J connectivity index is 1.39. The van der Waals surface area contributed by atoms with Crippen molar-refractivity contribution in [3.8, 4) is 17.1 Å². The minimum absolute atomic E-state index is 0.0497. The highest BCUT2D eigenvalue weighted by molar-refractivity contribution is 5.97. The fraction of sp³-hybridized carbons (Fsp3) is 0.250. The number of likely N-dealkylation sites (tertiary alicyclic amines) is 1. The van der Waals surface area contributed by atoms with Gasteiger partial charge in [0.05, 0.1) is 11.2 Å². The number of hydrogen-bond acceptors (Lipinski definition) is 5. The van der Waals surface area contributed by atoms with E-state index in [4.69, 9.17) is 0 Å². The molecule has 1 fully saturated rings. The van der Waals surface area contributed by atoms with E-state index in [-0.39, 0.29) is 31.8 Å². The van der Waals surface area contributed by atoms with Crippen LogP contribution in [0.1, 0.15) is 23.2 Å². The number of rotatable bonds is 3. The smallest absolute Gasteiger partial charge is 0.253 e. The maximum absolute atomic E-state index is 13.4. The number of aromatic nitrogens is 6. The molecule has 0 atom stereocenters. The number of nitrogens with one attached hydrogen (secondary N) is 1. The Labute approximate surface area is 169 Å². The van der Waals surface area contributed by atoms with Crippen LogP contribution in [0.2, 0.25) is 0 Å². The predicted molar refractivity (Wildman–Crippen MR) is 104 cm³/mol. The van der Waals surface area contributed by atoms with Gasteiger partial charge >= 0.3 is 0 Å². The third-order valence-corrected chi connectivity index (χ3v) is 5.27. The highest BCUT2D eigenvalue weighted by atomic mass is 19.3. The number of aromatic amines is 1. The van der Waals surface area contributed by atoms with Crippen molar-refractivity contribution in [2.45, 2.75) is 18.8 Å². The first-order valence-corrected chi connectivity index (χ1v) is 9.49. The lowest BCUT2D eigenvalue weighted by Gasteiger charge is -2.31. The lowest BCUT2D eigenvalue weighted by Crippen LogP contribution is -2.42. The van der Waals surface area contributed by atoms with Crippen LogP contribution in [0.25, 0.3) is 28.1 Å². The zero-order valence-electron chi connectivity index (χ0n) is 15.8. The number of benzene rings is 2. The standard InChI is InChI=1S/C20H17F2N7O/c21-20(22)7-9-28(10-8-20)19(30)14-3-6-17-16(11-14)25-27-29(17)15-4-1-13(2-5-15)18-23-12-24-26-18/h1-6,11-12H,7-10H2,(H,23,24,26). The van der Waals surface area contributed by atoms with Gasteiger partial charge in [0.25, 0.3) is 11.8 Å². The minimum atomic E-state index is -2.69. The molecular weight excluding hydrogens is 392 g/mol. The van der Waals surface area contributed by atoms with Crippen LogP contribution in [0, 0.1) is 0 Å². The first kappa shape index (κ1) is 18.3. The van der Waals surface area contributed by atoms with Crippen molar-refractivity contribution in [3.05, 3.63) is 54.4 Å². The molecule has 0 bridgehead atoms. The molecule has 2 aromatic carbocycles. The molecule has 3 heterocycles. The molecule has 30 heavy (non-hydrogen) atoms. The predicted octanol–water partition coefficient (Wildman–Crippen LogP) is 3.08. The van der Waals surface area contributed by atoms with Gasteiger partial charge in [0.1, 0.15) is 11.8 Å². The molecule has 5 rings (SSSR count). The Bertz CT molecular complexity index is 1190. The van der Waals surface area contributed by atoms with Gasteiger partial charge in [-0.3, -0.25) is 9.89 Å². The monoisotopic (exact) mass is 409 g/mol. The molecule has 4 aromatic rings. The maximum Gasteiger partial charge on any atom is 0.253 e. The zero-order valence-corrected chi connectivity index (χ0v) is 15.8. The van der Waals surface area contributed by atoms with Crippen LogP contribution >= 0.6 is 0 Å².